The minimum absolute atomic E-state index is 0.0914. The molecular weight excluding hydrogens is 334 g/mol. The lowest BCUT2D eigenvalue weighted by molar-refractivity contribution is -0.133. The number of hydrogen-bond donors (Lipinski definition) is 2. The predicted octanol–water partition coefficient (Wildman–Crippen LogP) is 0.819. The fraction of sp³-hybridized carbons (Fsp3) is 0.333. The zero-order chi connectivity index (χ0) is 18.1. The minimum Gasteiger partial charge on any atom is -0.340 e. The number of benzene rings is 1. The van der Waals surface area contributed by atoms with Gasteiger partial charge in [-0.3, -0.25) is 24.2 Å². The normalized spacial score (nSPS) is 17.5. The number of para-hydroxylation sites is 1. The van der Waals surface area contributed by atoms with Crippen molar-refractivity contribution in [1.29, 1.82) is 0 Å². The molecule has 1 aliphatic rings. The summed E-state index contributed by atoms with van der Waals surface area (Å²) >= 11 is 0. The molecule has 0 saturated carbocycles. The summed E-state index contributed by atoms with van der Waals surface area (Å²) in [6.45, 7) is 1.17. The van der Waals surface area contributed by atoms with Gasteiger partial charge in [0, 0.05) is 30.9 Å². The van der Waals surface area contributed by atoms with E-state index in [4.69, 9.17) is 0 Å². The molecule has 2 aromatic heterocycles. The number of nitrogens with one attached hydrogen (secondary N) is 2. The highest BCUT2D eigenvalue weighted by atomic mass is 16.2. The summed E-state index contributed by atoms with van der Waals surface area (Å²) in [6, 6.07) is 8.73. The number of likely N-dealkylation sites (tertiary alicyclic amines) is 1. The van der Waals surface area contributed by atoms with E-state index in [1.807, 2.05) is 6.07 Å². The van der Waals surface area contributed by atoms with Crippen molar-refractivity contribution < 1.29 is 4.79 Å². The van der Waals surface area contributed by atoms with Crippen molar-refractivity contribution >= 4 is 16.8 Å². The highest BCUT2D eigenvalue weighted by Gasteiger charge is 2.26. The summed E-state index contributed by atoms with van der Waals surface area (Å²) in [4.78, 5) is 41.1. The molecule has 0 spiro atoms. The van der Waals surface area contributed by atoms with Gasteiger partial charge in [0.1, 0.15) is 6.54 Å². The van der Waals surface area contributed by atoms with E-state index in [0.717, 1.165) is 18.5 Å². The van der Waals surface area contributed by atoms with Crippen LogP contribution in [0.2, 0.25) is 0 Å². The van der Waals surface area contributed by atoms with Crippen LogP contribution in [0.1, 0.15) is 24.5 Å². The zero-order valence-corrected chi connectivity index (χ0v) is 14.1. The molecule has 2 N–H and O–H groups in total. The smallest absolute Gasteiger partial charge is 0.329 e. The van der Waals surface area contributed by atoms with Crippen LogP contribution in [-0.2, 0) is 11.3 Å². The van der Waals surface area contributed by atoms with Gasteiger partial charge in [0.2, 0.25) is 5.91 Å². The third-order valence-electron chi connectivity index (χ3n) is 4.93. The minimum atomic E-state index is -0.566. The first-order valence-electron chi connectivity index (χ1n) is 8.62. The highest BCUT2D eigenvalue weighted by Crippen LogP contribution is 2.25. The van der Waals surface area contributed by atoms with Gasteiger partial charge in [0.05, 0.1) is 10.9 Å². The standard InChI is InChI=1S/C18H19N5O3/c24-16(22-9-3-4-12(10-22)14-7-8-19-21-14)11-23-15-6-2-1-5-13(15)17(25)20-18(23)26/h1-2,5-8,12H,3-4,9-11H2,(H,19,21)(H,20,25,26). The number of hydrogen-bond acceptors (Lipinski definition) is 4. The van der Waals surface area contributed by atoms with Crippen LogP contribution < -0.4 is 11.2 Å². The van der Waals surface area contributed by atoms with Crippen LogP contribution in [-0.4, -0.2) is 43.6 Å². The van der Waals surface area contributed by atoms with Crippen LogP contribution in [0.15, 0.2) is 46.1 Å². The van der Waals surface area contributed by atoms with Gasteiger partial charge in [0.15, 0.2) is 0 Å². The van der Waals surface area contributed by atoms with Crippen LogP contribution in [0.4, 0.5) is 0 Å². The number of aromatic amines is 2. The topological polar surface area (TPSA) is 104 Å². The summed E-state index contributed by atoms with van der Waals surface area (Å²) in [7, 11) is 0. The van der Waals surface area contributed by atoms with Crippen LogP contribution in [0.25, 0.3) is 10.9 Å². The summed E-state index contributed by atoms with van der Waals surface area (Å²) in [5, 5.41) is 7.35. The van der Waals surface area contributed by atoms with Gasteiger partial charge < -0.3 is 4.90 Å². The quantitative estimate of drug-likeness (QED) is 0.727. The largest absolute Gasteiger partial charge is 0.340 e. The Labute approximate surface area is 148 Å². The van der Waals surface area contributed by atoms with E-state index in [9.17, 15) is 14.4 Å². The Bertz CT molecular complexity index is 1050. The fourth-order valence-corrected chi connectivity index (χ4v) is 3.59. The van der Waals surface area contributed by atoms with Gasteiger partial charge in [-0.05, 0) is 31.0 Å². The van der Waals surface area contributed by atoms with Crippen LogP contribution in [0.3, 0.4) is 0 Å². The number of H-pyrrole nitrogens is 2. The molecule has 0 aliphatic carbocycles. The first-order valence-corrected chi connectivity index (χ1v) is 8.62. The lowest BCUT2D eigenvalue weighted by Crippen LogP contribution is -2.43. The average Bonchev–Trinajstić information content (AvgIpc) is 3.20. The molecular formula is C18H19N5O3. The molecule has 1 unspecified atom stereocenters. The first kappa shape index (κ1) is 16.3. The molecule has 4 rings (SSSR count). The summed E-state index contributed by atoms with van der Waals surface area (Å²) < 4.78 is 1.33. The highest BCUT2D eigenvalue weighted by molar-refractivity contribution is 5.81. The van der Waals surface area contributed by atoms with Crippen molar-refractivity contribution in [2.24, 2.45) is 0 Å². The van der Waals surface area contributed by atoms with Gasteiger partial charge in [-0.1, -0.05) is 12.1 Å². The molecule has 0 bridgehead atoms. The molecule has 1 fully saturated rings. The summed E-state index contributed by atoms with van der Waals surface area (Å²) in [6.07, 6.45) is 3.60. The predicted molar refractivity (Wildman–Crippen MR) is 96.0 cm³/mol. The third kappa shape index (κ3) is 2.94. The van der Waals surface area contributed by atoms with Crippen molar-refractivity contribution in [3.05, 3.63) is 63.1 Å². The zero-order valence-electron chi connectivity index (χ0n) is 14.1. The Hall–Kier alpha value is -3.16. The Morgan fingerprint density at radius 1 is 1.23 bits per heavy atom. The van der Waals surface area contributed by atoms with Crippen molar-refractivity contribution in [3.63, 3.8) is 0 Å². The Balaban J connectivity index is 1.60. The van der Waals surface area contributed by atoms with Gasteiger partial charge in [-0.2, -0.15) is 5.10 Å². The van der Waals surface area contributed by atoms with Crippen LogP contribution in [0, 0.1) is 0 Å². The SMILES string of the molecule is O=C(Cn1c(=O)[nH]c(=O)c2ccccc21)N1CCCC(c2ccn[nH]2)C1. The molecule has 3 heterocycles. The molecule has 26 heavy (non-hydrogen) atoms. The maximum Gasteiger partial charge on any atom is 0.329 e. The first-order chi connectivity index (χ1) is 12.6. The lowest BCUT2D eigenvalue weighted by atomic mass is 9.95. The summed E-state index contributed by atoms with van der Waals surface area (Å²) in [5.74, 6) is 0.0905. The molecule has 1 saturated heterocycles. The second-order valence-electron chi connectivity index (χ2n) is 6.55. The van der Waals surface area contributed by atoms with E-state index < -0.39 is 11.2 Å². The molecule has 8 heteroatoms. The fourth-order valence-electron chi connectivity index (χ4n) is 3.59. The molecule has 134 valence electrons. The third-order valence-corrected chi connectivity index (χ3v) is 4.93. The van der Waals surface area contributed by atoms with Gasteiger partial charge in [0.25, 0.3) is 5.56 Å². The van der Waals surface area contributed by atoms with E-state index in [0.29, 0.717) is 24.0 Å². The van der Waals surface area contributed by atoms with Crippen molar-refractivity contribution in [3.8, 4) is 0 Å². The number of carbonyl (C=O) groups is 1. The second-order valence-corrected chi connectivity index (χ2v) is 6.55. The van der Waals surface area contributed by atoms with Crippen molar-refractivity contribution in [1.82, 2.24) is 24.6 Å². The van der Waals surface area contributed by atoms with E-state index >= 15 is 0 Å². The molecule has 0 radical (unpaired) electrons. The van der Waals surface area contributed by atoms with E-state index in [1.54, 1.807) is 35.4 Å². The number of rotatable bonds is 3. The Kier molecular flexibility index (Phi) is 4.16. The van der Waals surface area contributed by atoms with Gasteiger partial charge in [-0.15, -0.1) is 0 Å². The van der Waals surface area contributed by atoms with E-state index in [2.05, 4.69) is 15.2 Å². The van der Waals surface area contributed by atoms with Crippen molar-refractivity contribution in [2.75, 3.05) is 13.1 Å². The van der Waals surface area contributed by atoms with Crippen LogP contribution >= 0.6 is 0 Å². The molecule has 8 nitrogen and oxygen atoms in total. The number of amides is 1. The van der Waals surface area contributed by atoms with Crippen LogP contribution in [0.5, 0.6) is 0 Å². The lowest BCUT2D eigenvalue weighted by Gasteiger charge is -2.32. The number of carbonyl (C=O) groups excluding carboxylic acids is 1. The van der Waals surface area contributed by atoms with Crippen molar-refractivity contribution in [2.45, 2.75) is 25.3 Å². The van der Waals surface area contributed by atoms with E-state index in [1.165, 1.54) is 4.57 Å². The Morgan fingerprint density at radius 3 is 2.88 bits per heavy atom. The van der Waals surface area contributed by atoms with E-state index in [-0.39, 0.29) is 18.4 Å². The number of fused-ring (bicyclic) bond motifs is 1. The molecule has 1 aromatic carbocycles. The van der Waals surface area contributed by atoms with Gasteiger partial charge in [-0.25, -0.2) is 4.79 Å². The molecule has 1 atom stereocenters. The van der Waals surface area contributed by atoms with Gasteiger partial charge >= 0.3 is 5.69 Å². The average molecular weight is 353 g/mol. The molecule has 1 amide bonds. The Morgan fingerprint density at radius 2 is 2.08 bits per heavy atom. The monoisotopic (exact) mass is 353 g/mol. The number of piperidine rings is 1. The maximum absolute atomic E-state index is 12.8. The molecule has 1 aliphatic heterocycles. The molecule has 3 aromatic rings. The number of aromatic nitrogens is 4. The second kappa shape index (κ2) is 6.62. The maximum atomic E-state index is 12.8. The number of nitrogens with zero attached hydrogens (tertiary/aromatic N) is 3. The summed E-state index contributed by atoms with van der Waals surface area (Å²) in [5.41, 5.74) is 0.488.